The van der Waals surface area contributed by atoms with Gasteiger partial charge in [0.25, 0.3) is 0 Å². The van der Waals surface area contributed by atoms with E-state index in [1.165, 1.54) is 6.92 Å². The Hall–Kier alpha value is -1.85. The maximum atomic E-state index is 10.7. The quantitative estimate of drug-likeness (QED) is 0.611. The monoisotopic (exact) mass is 167 g/mol. The lowest BCUT2D eigenvalue weighted by Crippen LogP contribution is -2.08. The first-order chi connectivity index (χ1) is 5.61. The van der Waals surface area contributed by atoms with Crippen molar-refractivity contribution < 1.29 is 14.7 Å². The minimum Gasteiger partial charge on any atom is -0.476 e. The molecule has 0 amide bonds. The number of rotatable bonds is 2. The Bertz CT molecular complexity index is 307. The van der Waals surface area contributed by atoms with Gasteiger partial charge in [-0.3, -0.25) is 4.79 Å². The third kappa shape index (κ3) is 1.60. The van der Waals surface area contributed by atoms with Crippen molar-refractivity contribution in [3.63, 3.8) is 0 Å². The van der Waals surface area contributed by atoms with Gasteiger partial charge >= 0.3 is 5.97 Å². The van der Waals surface area contributed by atoms with Crippen LogP contribution in [0.3, 0.4) is 0 Å². The molecule has 1 aromatic heterocycles. The number of hydrogen-bond acceptors (Lipinski definition) is 5. The van der Waals surface area contributed by atoms with E-state index in [9.17, 15) is 9.59 Å². The van der Waals surface area contributed by atoms with Gasteiger partial charge in [0.05, 0.1) is 0 Å². The lowest BCUT2D eigenvalue weighted by molar-refractivity contribution is 0.0688. The summed E-state index contributed by atoms with van der Waals surface area (Å²) in [5.41, 5.74) is -0.280. The average Bonchev–Trinajstić information content (AvgIpc) is 2.04. The van der Waals surface area contributed by atoms with Crippen LogP contribution < -0.4 is 0 Å². The summed E-state index contributed by atoms with van der Waals surface area (Å²) < 4.78 is 0. The number of Topliss-reactive ketones (excluding diaryl/α,β-unsaturated/α-hetero) is 1. The summed E-state index contributed by atoms with van der Waals surface area (Å²) in [5, 5.41) is 18.1. The van der Waals surface area contributed by atoms with Crippen LogP contribution in [0.15, 0.2) is 6.07 Å². The van der Waals surface area contributed by atoms with E-state index in [-0.39, 0.29) is 17.2 Å². The second-order valence-corrected chi connectivity index (χ2v) is 2.07. The Morgan fingerprint density at radius 2 is 1.92 bits per heavy atom. The van der Waals surface area contributed by atoms with Crippen LogP contribution in [-0.4, -0.2) is 32.3 Å². The summed E-state index contributed by atoms with van der Waals surface area (Å²) in [7, 11) is 0. The molecule has 1 aromatic rings. The Balaban J connectivity index is 3.12. The second-order valence-electron chi connectivity index (χ2n) is 2.07. The molecule has 1 heterocycles. The van der Waals surface area contributed by atoms with Crippen LogP contribution >= 0.6 is 0 Å². The standard InChI is InChI=1S/C6H5N3O3/c1-3(10)4-2-5(6(11)12)8-9-7-4/h2H,1H3,(H,11,12). The fourth-order valence-corrected chi connectivity index (χ4v) is 0.583. The Kier molecular flexibility index (Phi) is 2.09. The molecule has 0 unspecified atom stereocenters. The van der Waals surface area contributed by atoms with Crippen molar-refractivity contribution >= 4 is 11.8 Å². The molecule has 0 aromatic carbocycles. The lowest BCUT2D eigenvalue weighted by atomic mass is 10.3. The molecule has 62 valence electrons. The van der Waals surface area contributed by atoms with Gasteiger partial charge in [0.15, 0.2) is 11.5 Å². The number of hydrogen-bond donors (Lipinski definition) is 1. The molecule has 0 atom stereocenters. The normalized spacial score (nSPS) is 9.42. The molecular formula is C6H5N3O3. The second kappa shape index (κ2) is 3.04. The van der Waals surface area contributed by atoms with Crippen molar-refractivity contribution in [3.05, 3.63) is 17.5 Å². The maximum absolute atomic E-state index is 10.7. The number of carbonyl (C=O) groups excluding carboxylic acids is 1. The van der Waals surface area contributed by atoms with E-state index in [0.717, 1.165) is 6.07 Å². The molecule has 0 bridgehead atoms. The first-order valence-corrected chi connectivity index (χ1v) is 3.06. The molecule has 6 nitrogen and oxygen atoms in total. The number of aromatic carboxylic acids is 1. The minimum absolute atomic E-state index is 0.00222. The van der Waals surface area contributed by atoms with E-state index in [1.54, 1.807) is 0 Å². The third-order valence-corrected chi connectivity index (χ3v) is 1.16. The van der Waals surface area contributed by atoms with Crippen LogP contribution in [0.1, 0.15) is 27.9 Å². The number of aromatic nitrogens is 3. The van der Waals surface area contributed by atoms with Crippen molar-refractivity contribution in [1.82, 2.24) is 15.4 Å². The lowest BCUT2D eigenvalue weighted by Gasteiger charge is -1.92. The minimum atomic E-state index is -1.23. The van der Waals surface area contributed by atoms with Gasteiger partial charge in [0.2, 0.25) is 0 Å². The van der Waals surface area contributed by atoms with Gasteiger partial charge in [0, 0.05) is 13.0 Å². The number of carboxylic acid groups (broad SMARTS) is 1. The highest BCUT2D eigenvalue weighted by Crippen LogP contribution is 1.96. The zero-order valence-corrected chi connectivity index (χ0v) is 6.18. The number of carbonyl (C=O) groups is 2. The maximum Gasteiger partial charge on any atom is 0.356 e. The van der Waals surface area contributed by atoms with E-state index < -0.39 is 5.97 Å². The SMILES string of the molecule is CC(=O)c1cc(C(=O)O)nnn1. The Labute approximate surface area is 67.2 Å². The summed E-state index contributed by atoms with van der Waals surface area (Å²) in [6, 6.07) is 1.08. The zero-order valence-electron chi connectivity index (χ0n) is 6.18. The summed E-state index contributed by atoms with van der Waals surface area (Å²) in [6.45, 7) is 1.27. The fraction of sp³-hybridized carbons (Fsp3) is 0.167. The van der Waals surface area contributed by atoms with Gasteiger partial charge in [-0.15, -0.1) is 10.2 Å². The van der Waals surface area contributed by atoms with Gasteiger partial charge in [-0.1, -0.05) is 0 Å². The predicted molar refractivity (Wildman–Crippen MR) is 36.8 cm³/mol. The molecule has 0 aliphatic heterocycles. The van der Waals surface area contributed by atoms with Crippen LogP contribution in [0.4, 0.5) is 0 Å². The molecule has 0 saturated heterocycles. The Morgan fingerprint density at radius 3 is 2.42 bits per heavy atom. The van der Waals surface area contributed by atoms with Crippen molar-refractivity contribution in [1.29, 1.82) is 0 Å². The summed E-state index contributed by atoms with van der Waals surface area (Å²) in [5.74, 6) is -1.57. The number of carboxylic acids is 1. The molecule has 1 rings (SSSR count). The molecule has 1 N–H and O–H groups in total. The molecule has 0 fully saturated rings. The summed E-state index contributed by atoms with van der Waals surface area (Å²) in [4.78, 5) is 21.0. The van der Waals surface area contributed by atoms with Crippen molar-refractivity contribution in [2.75, 3.05) is 0 Å². The smallest absolute Gasteiger partial charge is 0.356 e. The molecule has 0 radical (unpaired) electrons. The molecule has 0 aliphatic rings. The highest BCUT2D eigenvalue weighted by molar-refractivity contribution is 5.94. The van der Waals surface area contributed by atoms with Gasteiger partial charge in [0.1, 0.15) is 5.69 Å². The molecule has 6 heteroatoms. The highest BCUT2D eigenvalue weighted by Gasteiger charge is 2.09. The van der Waals surface area contributed by atoms with Crippen LogP contribution in [0.2, 0.25) is 0 Å². The first kappa shape index (κ1) is 8.25. The molecular weight excluding hydrogens is 162 g/mol. The van der Waals surface area contributed by atoms with E-state index in [2.05, 4.69) is 15.4 Å². The predicted octanol–water partition coefficient (Wildman–Crippen LogP) is -0.228. The van der Waals surface area contributed by atoms with Crippen LogP contribution in [0.5, 0.6) is 0 Å². The van der Waals surface area contributed by atoms with Gasteiger partial charge in [-0.25, -0.2) is 4.79 Å². The van der Waals surface area contributed by atoms with Crippen molar-refractivity contribution in [3.8, 4) is 0 Å². The summed E-state index contributed by atoms with van der Waals surface area (Å²) >= 11 is 0. The first-order valence-electron chi connectivity index (χ1n) is 3.06. The zero-order chi connectivity index (χ0) is 9.14. The molecule has 12 heavy (non-hydrogen) atoms. The van der Waals surface area contributed by atoms with E-state index in [1.807, 2.05) is 0 Å². The third-order valence-electron chi connectivity index (χ3n) is 1.16. The topological polar surface area (TPSA) is 93.0 Å². The van der Waals surface area contributed by atoms with Crippen LogP contribution in [0, 0.1) is 0 Å². The van der Waals surface area contributed by atoms with Crippen LogP contribution in [0.25, 0.3) is 0 Å². The van der Waals surface area contributed by atoms with Crippen molar-refractivity contribution in [2.45, 2.75) is 6.92 Å². The highest BCUT2D eigenvalue weighted by atomic mass is 16.4. The Morgan fingerprint density at radius 1 is 1.33 bits per heavy atom. The molecule has 0 spiro atoms. The van der Waals surface area contributed by atoms with Gasteiger partial charge in [-0.05, 0) is 5.21 Å². The fourth-order valence-electron chi connectivity index (χ4n) is 0.583. The van der Waals surface area contributed by atoms with Crippen molar-refractivity contribution in [2.24, 2.45) is 0 Å². The van der Waals surface area contributed by atoms with Crippen LogP contribution in [-0.2, 0) is 0 Å². The van der Waals surface area contributed by atoms with Gasteiger partial charge < -0.3 is 5.11 Å². The largest absolute Gasteiger partial charge is 0.476 e. The van der Waals surface area contributed by atoms with Gasteiger partial charge in [-0.2, -0.15) is 0 Å². The molecule has 0 saturated carbocycles. The number of ketones is 1. The molecule has 0 aliphatic carbocycles. The summed E-state index contributed by atoms with van der Waals surface area (Å²) in [6.07, 6.45) is 0. The van der Waals surface area contributed by atoms with E-state index in [4.69, 9.17) is 5.11 Å². The average molecular weight is 167 g/mol. The van der Waals surface area contributed by atoms with E-state index >= 15 is 0 Å². The number of nitrogens with zero attached hydrogens (tertiary/aromatic N) is 3. The van der Waals surface area contributed by atoms with E-state index in [0.29, 0.717) is 0 Å².